The lowest BCUT2D eigenvalue weighted by Gasteiger charge is -2.24. The molecule has 0 spiro atoms. The van der Waals surface area contributed by atoms with E-state index in [1.165, 1.54) is 27.8 Å². The van der Waals surface area contributed by atoms with E-state index in [0.29, 0.717) is 0 Å². The summed E-state index contributed by atoms with van der Waals surface area (Å²) in [7, 11) is 0. The topological polar surface area (TPSA) is 18.5 Å². The average molecular weight is 477 g/mol. The van der Waals surface area contributed by atoms with Crippen LogP contribution in [0.25, 0.3) is 55.3 Å². The summed E-state index contributed by atoms with van der Waals surface area (Å²) in [6.45, 7) is 0.227. The van der Waals surface area contributed by atoms with Gasteiger partial charge in [-0.05, 0) is 56.5 Å². The Morgan fingerprint density at radius 3 is 1.32 bits per heavy atom. The highest BCUT2D eigenvalue weighted by Gasteiger charge is 2.28. The zero-order valence-electron chi connectivity index (χ0n) is 20.2. The summed E-state index contributed by atoms with van der Waals surface area (Å²) >= 11 is 0. The van der Waals surface area contributed by atoms with E-state index in [9.17, 15) is 0 Å². The molecule has 0 saturated heterocycles. The Hall–Kier alpha value is -4.82. The molecule has 0 radical (unpaired) electrons. The maximum atomic E-state index is 6.18. The minimum absolute atomic E-state index is 0.227. The van der Waals surface area contributed by atoms with Crippen molar-refractivity contribution in [3.63, 3.8) is 0 Å². The summed E-state index contributed by atoms with van der Waals surface area (Å²) in [5.74, 6) is 1.60. The molecule has 7 rings (SSSR count). The minimum Gasteiger partial charge on any atom is -0.454 e. The van der Waals surface area contributed by atoms with Crippen LogP contribution in [0.3, 0.4) is 0 Å². The molecule has 0 saturated carbocycles. The summed E-state index contributed by atoms with van der Waals surface area (Å²) in [5.41, 5.74) is 9.40. The van der Waals surface area contributed by atoms with Gasteiger partial charge in [0.1, 0.15) is 0 Å². The molecular formula is C35H24O2. The van der Waals surface area contributed by atoms with Gasteiger partial charge in [-0.15, -0.1) is 0 Å². The maximum absolute atomic E-state index is 6.18. The van der Waals surface area contributed by atoms with Crippen LogP contribution in [-0.2, 0) is 0 Å². The first-order valence-corrected chi connectivity index (χ1v) is 12.5. The lowest BCUT2D eigenvalue weighted by molar-refractivity contribution is 0.175. The summed E-state index contributed by atoms with van der Waals surface area (Å²) in [4.78, 5) is 0. The van der Waals surface area contributed by atoms with E-state index in [4.69, 9.17) is 9.47 Å². The highest BCUT2D eigenvalue weighted by Crippen LogP contribution is 2.55. The van der Waals surface area contributed by atoms with E-state index in [0.717, 1.165) is 39.0 Å². The minimum atomic E-state index is 0.227. The second kappa shape index (κ2) is 9.00. The fourth-order valence-corrected chi connectivity index (χ4v) is 5.52. The Bertz CT molecular complexity index is 1710. The lowest BCUT2D eigenvalue weighted by Crippen LogP contribution is -1.98. The van der Waals surface area contributed by atoms with Crippen LogP contribution >= 0.6 is 0 Å². The third kappa shape index (κ3) is 3.57. The largest absolute Gasteiger partial charge is 0.454 e. The summed E-state index contributed by atoms with van der Waals surface area (Å²) in [5, 5.41) is 2.23. The lowest BCUT2D eigenvalue weighted by atomic mass is 9.78. The highest BCUT2D eigenvalue weighted by atomic mass is 16.7. The van der Waals surface area contributed by atoms with Crippen molar-refractivity contribution in [1.29, 1.82) is 0 Å². The van der Waals surface area contributed by atoms with Gasteiger partial charge in [0.05, 0.1) is 0 Å². The molecule has 176 valence electrons. The number of rotatable bonds is 4. The van der Waals surface area contributed by atoms with Crippen molar-refractivity contribution in [2.24, 2.45) is 0 Å². The fourth-order valence-electron chi connectivity index (χ4n) is 5.52. The zero-order chi connectivity index (χ0) is 24.6. The third-order valence-corrected chi connectivity index (χ3v) is 7.06. The molecule has 1 heterocycles. The number of benzene rings is 6. The Morgan fingerprint density at radius 1 is 0.378 bits per heavy atom. The molecular weight excluding hydrogens is 452 g/mol. The highest BCUT2D eigenvalue weighted by molar-refractivity contribution is 6.20. The van der Waals surface area contributed by atoms with Gasteiger partial charge in [0.25, 0.3) is 0 Å². The quantitative estimate of drug-likeness (QED) is 0.252. The van der Waals surface area contributed by atoms with Gasteiger partial charge in [-0.2, -0.15) is 0 Å². The van der Waals surface area contributed by atoms with Crippen molar-refractivity contribution in [2.75, 3.05) is 6.79 Å². The molecule has 6 aromatic rings. The number of ether oxygens (including phenoxy) is 2. The van der Waals surface area contributed by atoms with Crippen LogP contribution in [0.5, 0.6) is 11.5 Å². The molecule has 1 aliphatic rings. The number of hydrogen-bond acceptors (Lipinski definition) is 2. The van der Waals surface area contributed by atoms with Crippen LogP contribution < -0.4 is 9.47 Å². The molecule has 2 heteroatoms. The maximum Gasteiger partial charge on any atom is 0.231 e. The van der Waals surface area contributed by atoms with Crippen molar-refractivity contribution >= 4 is 10.8 Å². The Labute approximate surface area is 216 Å². The van der Waals surface area contributed by atoms with Crippen molar-refractivity contribution in [2.45, 2.75) is 0 Å². The molecule has 6 aromatic carbocycles. The van der Waals surface area contributed by atoms with Gasteiger partial charge >= 0.3 is 0 Å². The Morgan fingerprint density at radius 2 is 0.811 bits per heavy atom. The zero-order valence-corrected chi connectivity index (χ0v) is 20.2. The van der Waals surface area contributed by atoms with Crippen LogP contribution in [0.2, 0.25) is 0 Å². The summed E-state index contributed by atoms with van der Waals surface area (Å²) in [6, 6.07) is 47.0. The monoisotopic (exact) mass is 476 g/mol. The van der Waals surface area contributed by atoms with Crippen LogP contribution in [0.15, 0.2) is 133 Å². The van der Waals surface area contributed by atoms with Gasteiger partial charge in [0, 0.05) is 10.9 Å². The molecule has 0 unspecified atom stereocenters. The van der Waals surface area contributed by atoms with E-state index in [-0.39, 0.29) is 6.79 Å². The van der Waals surface area contributed by atoms with Crippen LogP contribution in [-0.4, -0.2) is 6.79 Å². The van der Waals surface area contributed by atoms with Crippen LogP contribution in [0, 0.1) is 0 Å². The molecule has 0 bridgehead atoms. The molecule has 0 fully saturated rings. The molecule has 0 amide bonds. The van der Waals surface area contributed by atoms with Crippen molar-refractivity contribution in [3.8, 4) is 56.0 Å². The predicted molar refractivity (Wildman–Crippen MR) is 152 cm³/mol. The second-order valence-electron chi connectivity index (χ2n) is 9.19. The van der Waals surface area contributed by atoms with Crippen LogP contribution in [0.4, 0.5) is 0 Å². The molecule has 1 aliphatic heterocycles. The van der Waals surface area contributed by atoms with Crippen molar-refractivity contribution < 1.29 is 9.47 Å². The third-order valence-electron chi connectivity index (χ3n) is 7.06. The Balaban J connectivity index is 1.78. The van der Waals surface area contributed by atoms with Crippen molar-refractivity contribution in [3.05, 3.63) is 133 Å². The molecule has 0 atom stereocenters. The molecule has 0 N–H and O–H groups in total. The number of fused-ring (bicyclic) bond motifs is 3. The first kappa shape index (κ1) is 21.5. The fraction of sp³-hybridized carbons (Fsp3) is 0.0286. The van der Waals surface area contributed by atoms with E-state index < -0.39 is 0 Å². The smallest absolute Gasteiger partial charge is 0.231 e. The predicted octanol–water partition coefficient (Wildman–Crippen LogP) is 9.24. The Kier molecular flexibility index (Phi) is 5.22. The van der Waals surface area contributed by atoms with Gasteiger partial charge in [0.15, 0.2) is 11.5 Å². The second-order valence-corrected chi connectivity index (χ2v) is 9.19. The SMILES string of the molecule is c1ccc(-c2c(-c3ccccc3)c(-c3ccccc3)c3c4c(ccc3c2-c2ccccc2)OCO4)cc1. The average Bonchev–Trinajstić information content (AvgIpc) is 3.47. The van der Waals surface area contributed by atoms with Gasteiger partial charge in [-0.25, -0.2) is 0 Å². The molecule has 37 heavy (non-hydrogen) atoms. The first-order valence-electron chi connectivity index (χ1n) is 12.5. The summed E-state index contributed by atoms with van der Waals surface area (Å²) < 4.78 is 12.1. The molecule has 0 aliphatic carbocycles. The van der Waals surface area contributed by atoms with E-state index in [1.54, 1.807) is 0 Å². The first-order chi connectivity index (χ1) is 18.4. The summed E-state index contributed by atoms with van der Waals surface area (Å²) in [6.07, 6.45) is 0. The van der Waals surface area contributed by atoms with E-state index in [2.05, 4.69) is 127 Å². The number of hydrogen-bond donors (Lipinski definition) is 0. The normalized spacial score (nSPS) is 12.1. The van der Waals surface area contributed by atoms with Crippen LogP contribution in [0.1, 0.15) is 0 Å². The van der Waals surface area contributed by atoms with E-state index >= 15 is 0 Å². The van der Waals surface area contributed by atoms with Gasteiger partial charge in [-0.1, -0.05) is 121 Å². The van der Waals surface area contributed by atoms with E-state index in [1.807, 2.05) is 6.07 Å². The standard InChI is InChI=1S/C35H24O2/c1-5-13-24(14-6-1)30-28-21-22-29-35(37-23-36-29)34(28)33(27-19-11-4-12-20-27)32(26-17-9-3-10-18-26)31(30)25-15-7-2-8-16-25/h1-22H,23H2. The molecule has 0 aromatic heterocycles. The van der Waals surface area contributed by atoms with Gasteiger partial charge in [0.2, 0.25) is 6.79 Å². The van der Waals surface area contributed by atoms with Crippen molar-refractivity contribution in [1.82, 2.24) is 0 Å². The van der Waals surface area contributed by atoms with Gasteiger partial charge < -0.3 is 9.47 Å². The molecule has 2 nitrogen and oxygen atoms in total. The van der Waals surface area contributed by atoms with Gasteiger partial charge in [-0.3, -0.25) is 0 Å².